The van der Waals surface area contributed by atoms with Crippen LogP contribution in [0.25, 0.3) is 0 Å². The maximum Gasteiger partial charge on any atom is 0.237 e. The van der Waals surface area contributed by atoms with Gasteiger partial charge in [-0.2, -0.15) is 0 Å². The molecule has 1 aliphatic heterocycles. The Morgan fingerprint density at radius 1 is 1.30 bits per heavy atom. The van der Waals surface area contributed by atoms with Gasteiger partial charge in [0.05, 0.1) is 25.3 Å². The van der Waals surface area contributed by atoms with Gasteiger partial charge in [0, 0.05) is 45.3 Å². The predicted octanol–water partition coefficient (Wildman–Crippen LogP) is 2.74. The molecule has 0 saturated heterocycles. The van der Waals surface area contributed by atoms with Crippen LogP contribution in [0.1, 0.15) is 22.9 Å². The zero-order valence-corrected chi connectivity index (χ0v) is 20.1. The summed E-state index contributed by atoms with van der Waals surface area (Å²) in [4.78, 5) is 18.4. The van der Waals surface area contributed by atoms with Crippen LogP contribution in [-0.2, 0) is 20.7 Å². The van der Waals surface area contributed by atoms with Gasteiger partial charge in [0.2, 0.25) is 5.91 Å². The van der Waals surface area contributed by atoms with Crippen LogP contribution in [0.4, 0.5) is 4.39 Å². The number of aliphatic hydroxyl groups is 1. The summed E-state index contributed by atoms with van der Waals surface area (Å²) in [5.74, 6) is -0.291. The van der Waals surface area contributed by atoms with Crippen LogP contribution in [0.2, 0.25) is 0 Å². The Hall–Kier alpha value is -2.04. The van der Waals surface area contributed by atoms with Crippen LogP contribution < -0.4 is 4.74 Å². The Labute approximate surface area is 198 Å². The normalized spacial score (nSPS) is 16.6. The average molecular weight is 481 g/mol. The molecule has 0 saturated carbocycles. The molecular weight excluding hydrogens is 447 g/mol. The van der Waals surface area contributed by atoms with Crippen molar-refractivity contribution in [3.8, 4) is 5.75 Å². The van der Waals surface area contributed by atoms with E-state index in [-0.39, 0.29) is 37.5 Å². The molecule has 1 amide bonds. The maximum atomic E-state index is 14.1. The Morgan fingerprint density at radius 2 is 2.12 bits per heavy atom. The van der Waals surface area contributed by atoms with E-state index in [2.05, 4.69) is 0 Å². The number of methoxy groups -OCH3 is 2. The van der Waals surface area contributed by atoms with Gasteiger partial charge in [-0.25, -0.2) is 4.39 Å². The summed E-state index contributed by atoms with van der Waals surface area (Å²) in [5.41, 5.74) is 1.06. The molecule has 1 aliphatic rings. The summed E-state index contributed by atoms with van der Waals surface area (Å²) in [7, 11) is 3.18. The number of nitrogens with zero attached hydrogens (tertiary/aromatic N) is 2. The zero-order chi connectivity index (χ0) is 23.6. The van der Waals surface area contributed by atoms with E-state index in [1.807, 2.05) is 21.2 Å². The third-order valence-corrected chi connectivity index (χ3v) is 6.65. The Balaban J connectivity index is 1.71. The van der Waals surface area contributed by atoms with Crippen LogP contribution in [0.3, 0.4) is 0 Å². The molecule has 1 N–H and O–H groups in total. The highest BCUT2D eigenvalue weighted by Crippen LogP contribution is 2.34. The first-order chi connectivity index (χ1) is 16.0. The van der Waals surface area contributed by atoms with Crippen LogP contribution in [0.15, 0.2) is 35.7 Å². The van der Waals surface area contributed by atoms with E-state index in [4.69, 9.17) is 14.2 Å². The fraction of sp³-hybridized carbons (Fsp3) is 0.542. The van der Waals surface area contributed by atoms with Crippen molar-refractivity contribution in [3.05, 3.63) is 52.0 Å². The topological polar surface area (TPSA) is 71.5 Å². The van der Waals surface area contributed by atoms with Crippen LogP contribution >= 0.6 is 11.3 Å². The SMILES string of the molecule is COCCCN(CC(=O)N1CCc2sccc2[C@@H]1COc1ccccc1F)C[C@@H](O)COC. The van der Waals surface area contributed by atoms with Gasteiger partial charge in [0.1, 0.15) is 6.61 Å². The van der Waals surface area contributed by atoms with Crippen molar-refractivity contribution in [2.24, 2.45) is 0 Å². The molecule has 0 bridgehead atoms. The molecule has 0 spiro atoms. The molecule has 0 unspecified atom stereocenters. The Bertz CT molecular complexity index is 880. The smallest absolute Gasteiger partial charge is 0.237 e. The number of hydrogen-bond donors (Lipinski definition) is 1. The number of rotatable bonds is 13. The molecule has 182 valence electrons. The number of benzene rings is 1. The molecule has 0 aliphatic carbocycles. The second-order valence-corrected chi connectivity index (χ2v) is 9.08. The van der Waals surface area contributed by atoms with E-state index < -0.39 is 11.9 Å². The first-order valence-corrected chi connectivity index (χ1v) is 12.0. The van der Waals surface area contributed by atoms with Crippen LogP contribution in [0, 0.1) is 5.82 Å². The summed E-state index contributed by atoms with van der Waals surface area (Å²) in [6.07, 6.45) is 0.846. The highest BCUT2D eigenvalue weighted by Gasteiger charge is 2.33. The minimum absolute atomic E-state index is 0.0454. The average Bonchev–Trinajstić information content (AvgIpc) is 3.27. The predicted molar refractivity (Wildman–Crippen MR) is 125 cm³/mol. The number of amides is 1. The quantitative estimate of drug-likeness (QED) is 0.445. The van der Waals surface area contributed by atoms with Gasteiger partial charge in [0.15, 0.2) is 11.6 Å². The third-order valence-electron chi connectivity index (χ3n) is 5.66. The minimum Gasteiger partial charge on any atom is -0.488 e. The first-order valence-electron chi connectivity index (χ1n) is 11.1. The second-order valence-electron chi connectivity index (χ2n) is 8.08. The van der Waals surface area contributed by atoms with Crippen molar-refractivity contribution in [3.63, 3.8) is 0 Å². The molecule has 9 heteroatoms. The number of para-hydroxylation sites is 1. The van der Waals surface area contributed by atoms with Gasteiger partial charge in [-0.15, -0.1) is 11.3 Å². The van der Waals surface area contributed by atoms with Gasteiger partial charge in [-0.1, -0.05) is 12.1 Å². The lowest BCUT2D eigenvalue weighted by Gasteiger charge is -2.37. The molecule has 2 heterocycles. The molecule has 2 atom stereocenters. The molecule has 0 radical (unpaired) electrons. The highest BCUT2D eigenvalue weighted by atomic mass is 32.1. The molecule has 3 rings (SSSR count). The number of thiophene rings is 1. The van der Waals surface area contributed by atoms with Crippen LogP contribution in [-0.4, -0.2) is 87.1 Å². The van der Waals surface area contributed by atoms with Gasteiger partial charge in [-0.3, -0.25) is 9.69 Å². The van der Waals surface area contributed by atoms with Crippen molar-refractivity contribution >= 4 is 17.2 Å². The van der Waals surface area contributed by atoms with Gasteiger partial charge < -0.3 is 24.2 Å². The number of hydrogen-bond acceptors (Lipinski definition) is 7. The van der Waals surface area contributed by atoms with Crippen molar-refractivity contribution in [2.75, 3.05) is 60.2 Å². The number of fused-ring (bicyclic) bond motifs is 1. The number of halogens is 1. The van der Waals surface area contributed by atoms with Gasteiger partial charge in [0.25, 0.3) is 0 Å². The lowest BCUT2D eigenvalue weighted by molar-refractivity contribution is -0.136. The molecule has 7 nitrogen and oxygen atoms in total. The lowest BCUT2D eigenvalue weighted by Crippen LogP contribution is -2.48. The first kappa shape index (κ1) is 25.6. The molecule has 1 aromatic carbocycles. The van der Waals surface area contributed by atoms with Crippen molar-refractivity contribution < 1.29 is 28.5 Å². The van der Waals surface area contributed by atoms with Gasteiger partial charge >= 0.3 is 0 Å². The number of ether oxygens (including phenoxy) is 3. The summed E-state index contributed by atoms with van der Waals surface area (Å²) in [6, 6.07) is 8.02. The molecular formula is C24H33FN2O5S. The maximum absolute atomic E-state index is 14.1. The van der Waals surface area contributed by atoms with Crippen LogP contribution in [0.5, 0.6) is 5.75 Å². The largest absolute Gasteiger partial charge is 0.488 e. The lowest BCUT2D eigenvalue weighted by atomic mass is 10.0. The van der Waals surface area contributed by atoms with Crippen molar-refractivity contribution in [1.82, 2.24) is 9.80 Å². The van der Waals surface area contributed by atoms with E-state index in [0.29, 0.717) is 26.2 Å². The third kappa shape index (κ3) is 7.22. The standard InChI is InChI=1S/C24H33FN2O5S/c1-30-12-5-10-26(14-18(28)16-31-2)15-24(29)27-11-8-23-19(9-13-33-23)21(27)17-32-22-7-4-3-6-20(22)25/h3-4,6-7,9,13,18,21,28H,5,8,10-12,14-17H2,1-2H3/t18-,21+/m1/s1. The molecule has 1 aromatic heterocycles. The minimum atomic E-state index is -0.685. The highest BCUT2D eigenvalue weighted by molar-refractivity contribution is 7.10. The fourth-order valence-electron chi connectivity index (χ4n) is 4.10. The van der Waals surface area contributed by atoms with Gasteiger partial charge in [-0.05, 0) is 42.0 Å². The summed E-state index contributed by atoms with van der Waals surface area (Å²) >= 11 is 1.67. The zero-order valence-electron chi connectivity index (χ0n) is 19.2. The number of carbonyl (C=O) groups is 1. The number of aliphatic hydroxyl groups excluding tert-OH is 1. The summed E-state index contributed by atoms with van der Waals surface area (Å²) < 4.78 is 30.1. The second kappa shape index (κ2) is 13.0. The Kier molecular flexibility index (Phi) is 10.1. The summed E-state index contributed by atoms with van der Waals surface area (Å²) in [5, 5.41) is 12.2. The fourth-order valence-corrected chi connectivity index (χ4v) is 5.03. The molecule has 0 fully saturated rings. The molecule has 2 aromatic rings. The Morgan fingerprint density at radius 3 is 2.88 bits per heavy atom. The monoisotopic (exact) mass is 480 g/mol. The van der Waals surface area contributed by atoms with E-state index in [1.165, 1.54) is 18.1 Å². The van der Waals surface area contributed by atoms with E-state index in [0.717, 1.165) is 18.4 Å². The molecule has 33 heavy (non-hydrogen) atoms. The van der Waals surface area contributed by atoms with Crippen molar-refractivity contribution in [1.29, 1.82) is 0 Å². The van der Waals surface area contributed by atoms with Crippen molar-refractivity contribution in [2.45, 2.75) is 25.0 Å². The van der Waals surface area contributed by atoms with E-state index in [1.54, 1.807) is 36.6 Å². The summed E-state index contributed by atoms with van der Waals surface area (Å²) in [6.45, 7) is 2.64. The van der Waals surface area contributed by atoms with E-state index in [9.17, 15) is 14.3 Å². The van der Waals surface area contributed by atoms with E-state index >= 15 is 0 Å². The number of carbonyl (C=O) groups excluding carboxylic acids is 1.